The summed E-state index contributed by atoms with van der Waals surface area (Å²) in [5.74, 6) is 0.502. The lowest BCUT2D eigenvalue weighted by atomic mass is 10.1. The van der Waals surface area contributed by atoms with Crippen LogP contribution in [-0.4, -0.2) is 17.5 Å². The first kappa shape index (κ1) is 12.0. The summed E-state index contributed by atoms with van der Waals surface area (Å²) in [4.78, 5) is 4.26. The quantitative estimate of drug-likeness (QED) is 0.397. The Hall–Kier alpha value is -0.990. The standard InChI is InChI=1S/C10H21N3/c1-6-7-8(2)12-9(11)13-10(3,4)5/h6,8H,1,7H2,2-5H3,(H3,11,12,13). The number of hydrogen-bond acceptors (Lipinski definition) is 1. The number of nitrogens with zero attached hydrogens (tertiary/aromatic N) is 1. The lowest BCUT2D eigenvalue weighted by Crippen LogP contribution is -2.45. The van der Waals surface area contributed by atoms with Gasteiger partial charge in [0.15, 0.2) is 5.96 Å². The second-order valence-electron chi connectivity index (χ2n) is 4.26. The maximum atomic E-state index is 5.70. The molecule has 0 fully saturated rings. The Labute approximate surface area is 81.1 Å². The normalized spacial score (nSPS) is 15.2. The largest absolute Gasteiger partial charge is 0.370 e. The second kappa shape index (κ2) is 4.90. The van der Waals surface area contributed by atoms with Gasteiger partial charge in [-0.15, -0.1) is 6.58 Å². The monoisotopic (exact) mass is 183 g/mol. The Morgan fingerprint density at radius 1 is 1.62 bits per heavy atom. The highest BCUT2D eigenvalue weighted by Crippen LogP contribution is 2.00. The SMILES string of the molecule is C=CCC(C)N=C(N)NC(C)(C)C. The molecule has 0 aromatic heterocycles. The van der Waals surface area contributed by atoms with Gasteiger partial charge in [-0.05, 0) is 34.1 Å². The van der Waals surface area contributed by atoms with Gasteiger partial charge in [0.1, 0.15) is 0 Å². The van der Waals surface area contributed by atoms with E-state index in [1.165, 1.54) is 0 Å². The number of hydrogen-bond donors (Lipinski definition) is 2. The zero-order chi connectivity index (χ0) is 10.5. The first-order chi connectivity index (χ1) is 5.85. The Balaban J connectivity index is 4.08. The highest BCUT2D eigenvalue weighted by atomic mass is 15.1. The van der Waals surface area contributed by atoms with Crippen molar-refractivity contribution in [1.82, 2.24) is 5.32 Å². The predicted octanol–water partition coefficient (Wildman–Crippen LogP) is 1.65. The number of guanidine groups is 1. The number of rotatable bonds is 3. The molecule has 0 radical (unpaired) electrons. The smallest absolute Gasteiger partial charge is 0.189 e. The van der Waals surface area contributed by atoms with E-state index in [1.807, 2.05) is 33.8 Å². The minimum Gasteiger partial charge on any atom is -0.370 e. The molecule has 0 saturated carbocycles. The average molecular weight is 183 g/mol. The molecule has 0 spiro atoms. The molecule has 0 aromatic rings. The third-order valence-corrected chi connectivity index (χ3v) is 1.37. The van der Waals surface area contributed by atoms with Crippen LogP contribution in [0.25, 0.3) is 0 Å². The van der Waals surface area contributed by atoms with Gasteiger partial charge in [0.25, 0.3) is 0 Å². The van der Waals surface area contributed by atoms with Crippen molar-refractivity contribution in [1.29, 1.82) is 0 Å². The summed E-state index contributed by atoms with van der Waals surface area (Å²) >= 11 is 0. The summed E-state index contributed by atoms with van der Waals surface area (Å²) in [6.45, 7) is 11.8. The van der Waals surface area contributed by atoms with Gasteiger partial charge in [-0.25, -0.2) is 0 Å². The first-order valence-corrected chi connectivity index (χ1v) is 4.57. The molecule has 1 atom stereocenters. The Morgan fingerprint density at radius 2 is 2.15 bits per heavy atom. The van der Waals surface area contributed by atoms with Gasteiger partial charge in [-0.3, -0.25) is 4.99 Å². The molecule has 0 rings (SSSR count). The van der Waals surface area contributed by atoms with E-state index >= 15 is 0 Å². The van der Waals surface area contributed by atoms with Crippen molar-refractivity contribution in [2.45, 2.75) is 45.7 Å². The van der Waals surface area contributed by atoms with Crippen molar-refractivity contribution in [3.8, 4) is 0 Å². The third-order valence-electron chi connectivity index (χ3n) is 1.37. The summed E-state index contributed by atoms with van der Waals surface area (Å²) in [7, 11) is 0. The van der Waals surface area contributed by atoms with Crippen LogP contribution in [0.4, 0.5) is 0 Å². The molecule has 0 aromatic carbocycles. The summed E-state index contributed by atoms with van der Waals surface area (Å²) < 4.78 is 0. The van der Waals surface area contributed by atoms with Gasteiger partial charge < -0.3 is 11.1 Å². The highest BCUT2D eigenvalue weighted by molar-refractivity contribution is 5.78. The van der Waals surface area contributed by atoms with Crippen molar-refractivity contribution in [2.24, 2.45) is 10.7 Å². The molecule has 0 bridgehead atoms. The van der Waals surface area contributed by atoms with Crippen molar-refractivity contribution in [2.75, 3.05) is 0 Å². The molecule has 1 unspecified atom stereocenters. The molecule has 0 aliphatic rings. The van der Waals surface area contributed by atoms with Crippen LogP contribution < -0.4 is 11.1 Å². The Morgan fingerprint density at radius 3 is 2.54 bits per heavy atom. The van der Waals surface area contributed by atoms with E-state index in [-0.39, 0.29) is 11.6 Å². The lowest BCUT2D eigenvalue weighted by Gasteiger charge is -2.21. The van der Waals surface area contributed by atoms with Crippen LogP contribution in [0.2, 0.25) is 0 Å². The van der Waals surface area contributed by atoms with Crippen molar-refractivity contribution >= 4 is 5.96 Å². The molecule has 0 heterocycles. The predicted molar refractivity (Wildman–Crippen MR) is 58.8 cm³/mol. The highest BCUT2D eigenvalue weighted by Gasteiger charge is 2.10. The van der Waals surface area contributed by atoms with Crippen molar-refractivity contribution in [3.63, 3.8) is 0 Å². The van der Waals surface area contributed by atoms with Crippen LogP contribution >= 0.6 is 0 Å². The van der Waals surface area contributed by atoms with Crippen LogP contribution in [0.3, 0.4) is 0 Å². The van der Waals surface area contributed by atoms with Crippen molar-refractivity contribution < 1.29 is 0 Å². The summed E-state index contributed by atoms with van der Waals surface area (Å²) in [6, 6.07) is 0.201. The third kappa shape index (κ3) is 7.37. The minimum atomic E-state index is -0.0263. The second-order valence-corrected chi connectivity index (χ2v) is 4.26. The van der Waals surface area contributed by atoms with Gasteiger partial charge >= 0.3 is 0 Å². The van der Waals surface area contributed by atoms with E-state index in [0.29, 0.717) is 5.96 Å². The minimum absolute atomic E-state index is 0.0263. The zero-order valence-electron chi connectivity index (χ0n) is 9.09. The van der Waals surface area contributed by atoms with E-state index in [4.69, 9.17) is 5.73 Å². The van der Waals surface area contributed by atoms with Gasteiger partial charge in [-0.2, -0.15) is 0 Å². The van der Waals surface area contributed by atoms with E-state index < -0.39 is 0 Å². The Kier molecular flexibility index (Phi) is 4.52. The summed E-state index contributed by atoms with van der Waals surface area (Å²) in [6.07, 6.45) is 2.70. The number of nitrogens with two attached hydrogens (primary N) is 1. The fourth-order valence-corrected chi connectivity index (χ4v) is 0.948. The van der Waals surface area contributed by atoms with E-state index in [0.717, 1.165) is 6.42 Å². The molecule has 0 saturated heterocycles. The molecule has 0 aliphatic heterocycles. The van der Waals surface area contributed by atoms with Gasteiger partial charge in [-0.1, -0.05) is 6.08 Å². The van der Waals surface area contributed by atoms with Crippen molar-refractivity contribution in [3.05, 3.63) is 12.7 Å². The van der Waals surface area contributed by atoms with Gasteiger partial charge in [0.05, 0.1) is 6.04 Å². The van der Waals surface area contributed by atoms with Crippen LogP contribution in [0.5, 0.6) is 0 Å². The van der Waals surface area contributed by atoms with Gasteiger partial charge in [0, 0.05) is 5.54 Å². The molecular formula is C10H21N3. The molecule has 0 aliphatic carbocycles. The maximum absolute atomic E-state index is 5.70. The molecule has 76 valence electrons. The molecule has 13 heavy (non-hydrogen) atoms. The van der Waals surface area contributed by atoms with Crippen LogP contribution in [-0.2, 0) is 0 Å². The number of nitrogens with one attached hydrogen (secondary N) is 1. The molecule has 3 heteroatoms. The number of aliphatic imine (C=N–C) groups is 1. The molecule has 3 N–H and O–H groups in total. The van der Waals surface area contributed by atoms with Crippen LogP contribution in [0.1, 0.15) is 34.1 Å². The van der Waals surface area contributed by atoms with E-state index in [1.54, 1.807) is 0 Å². The van der Waals surface area contributed by atoms with Gasteiger partial charge in [0.2, 0.25) is 0 Å². The lowest BCUT2D eigenvalue weighted by molar-refractivity contribution is 0.506. The summed E-state index contributed by atoms with van der Waals surface area (Å²) in [5.41, 5.74) is 5.67. The average Bonchev–Trinajstić information content (AvgIpc) is 1.81. The molecule has 3 nitrogen and oxygen atoms in total. The van der Waals surface area contributed by atoms with Crippen LogP contribution in [0, 0.1) is 0 Å². The zero-order valence-corrected chi connectivity index (χ0v) is 9.09. The topological polar surface area (TPSA) is 50.4 Å². The fraction of sp³-hybridized carbons (Fsp3) is 0.700. The Bertz CT molecular complexity index is 189. The van der Waals surface area contributed by atoms with E-state index in [2.05, 4.69) is 16.9 Å². The molecular weight excluding hydrogens is 162 g/mol. The summed E-state index contributed by atoms with van der Waals surface area (Å²) in [5, 5.41) is 3.10. The molecule has 0 amide bonds. The van der Waals surface area contributed by atoms with Crippen LogP contribution in [0.15, 0.2) is 17.6 Å². The fourth-order valence-electron chi connectivity index (χ4n) is 0.948. The first-order valence-electron chi connectivity index (χ1n) is 4.57. The van der Waals surface area contributed by atoms with E-state index in [9.17, 15) is 0 Å². The maximum Gasteiger partial charge on any atom is 0.189 e.